The van der Waals surface area contributed by atoms with Crippen molar-refractivity contribution in [2.45, 2.75) is 29.9 Å². The van der Waals surface area contributed by atoms with E-state index in [1.165, 1.54) is 37.1 Å². The molecule has 14 heteroatoms. The highest BCUT2D eigenvalue weighted by Gasteiger charge is 2.54. The molecule has 252 valence electrons. The summed E-state index contributed by atoms with van der Waals surface area (Å²) in [6.07, 6.45) is 0. The number of fused-ring (bicyclic) bond motifs is 1. The largest absolute Gasteiger partial charge is 0.477 e. The van der Waals surface area contributed by atoms with Crippen molar-refractivity contribution >= 4 is 52.0 Å². The molecule has 0 aliphatic carbocycles. The summed E-state index contributed by atoms with van der Waals surface area (Å²) in [4.78, 5) is 61.5. The summed E-state index contributed by atoms with van der Waals surface area (Å²) in [5.74, 6) is -2.83. The number of rotatable bonds is 13. The number of thiazole rings is 1. The Hall–Kier alpha value is -5.02. The molecule has 1 saturated heterocycles. The smallest absolute Gasteiger partial charge is 0.352 e. The van der Waals surface area contributed by atoms with Crippen molar-refractivity contribution in [3.8, 4) is 0 Å². The van der Waals surface area contributed by atoms with Crippen molar-refractivity contribution in [3.05, 3.63) is 130 Å². The lowest BCUT2D eigenvalue weighted by atomic mass is 9.77. The van der Waals surface area contributed by atoms with Crippen LogP contribution in [-0.4, -0.2) is 69.6 Å². The molecule has 0 spiro atoms. The van der Waals surface area contributed by atoms with Crippen molar-refractivity contribution < 1.29 is 33.9 Å². The van der Waals surface area contributed by atoms with Gasteiger partial charge in [0.15, 0.2) is 11.2 Å². The number of hydrogen-bond acceptors (Lipinski definition) is 11. The normalized spacial score (nSPS) is 17.8. The van der Waals surface area contributed by atoms with E-state index < -0.39 is 46.7 Å². The van der Waals surface area contributed by atoms with Gasteiger partial charge in [-0.05, 0) is 16.7 Å². The van der Waals surface area contributed by atoms with Gasteiger partial charge in [-0.3, -0.25) is 19.3 Å². The van der Waals surface area contributed by atoms with Crippen LogP contribution in [-0.2, 0) is 34.3 Å². The number of nitrogens with one attached hydrogen (secondary N) is 3. The first kappa shape index (κ1) is 33.9. The summed E-state index contributed by atoms with van der Waals surface area (Å²) in [7, 11) is 1.37. The van der Waals surface area contributed by atoms with Gasteiger partial charge in [0.2, 0.25) is 5.91 Å². The molecule has 2 aliphatic heterocycles. The lowest BCUT2D eigenvalue weighted by Gasteiger charge is -2.49. The summed E-state index contributed by atoms with van der Waals surface area (Å²) in [6.45, 7) is 0.982. The first-order valence-electron chi connectivity index (χ1n) is 15.3. The van der Waals surface area contributed by atoms with Crippen LogP contribution in [0.25, 0.3) is 0 Å². The zero-order valence-corrected chi connectivity index (χ0v) is 28.1. The zero-order valence-electron chi connectivity index (χ0n) is 26.5. The van der Waals surface area contributed by atoms with Gasteiger partial charge < -0.3 is 25.3 Å². The van der Waals surface area contributed by atoms with Crippen LogP contribution in [0.2, 0.25) is 0 Å². The number of β-lactam (4-membered cyclic amide) rings is 1. The lowest BCUT2D eigenvalue weighted by molar-refractivity contribution is -0.151. The Bertz CT molecular complexity index is 1770. The highest BCUT2D eigenvalue weighted by atomic mass is 32.2. The number of aromatic nitrogens is 1. The van der Waals surface area contributed by atoms with E-state index in [2.05, 4.69) is 52.5 Å². The fourth-order valence-electron chi connectivity index (χ4n) is 6.00. The second-order valence-electron chi connectivity index (χ2n) is 11.2. The third-order valence-corrected chi connectivity index (χ3v) is 10.3. The first-order chi connectivity index (χ1) is 23.7. The van der Waals surface area contributed by atoms with Crippen LogP contribution in [0.15, 0.2) is 108 Å². The third kappa shape index (κ3) is 6.68. The van der Waals surface area contributed by atoms with E-state index in [9.17, 15) is 24.3 Å². The van der Waals surface area contributed by atoms with Gasteiger partial charge in [0.25, 0.3) is 5.91 Å². The number of hydrogen-bond donors (Lipinski definition) is 4. The predicted molar refractivity (Wildman–Crippen MR) is 184 cm³/mol. The molecule has 1 aromatic heterocycles. The number of carbonyl (C=O) groups is 4. The summed E-state index contributed by atoms with van der Waals surface area (Å²) in [5.41, 5.74) is 5.23. The Morgan fingerprint density at radius 3 is 2.06 bits per heavy atom. The topological polar surface area (TPSA) is 159 Å². The van der Waals surface area contributed by atoms with Crippen LogP contribution in [0.5, 0.6) is 0 Å². The fraction of sp³-hybridized carbons (Fsp3) is 0.229. The van der Waals surface area contributed by atoms with Crippen molar-refractivity contribution in [1.82, 2.24) is 20.7 Å². The van der Waals surface area contributed by atoms with E-state index in [0.717, 1.165) is 21.6 Å². The Labute approximate surface area is 290 Å². The number of ether oxygens (including phenoxy) is 1. The lowest BCUT2D eigenvalue weighted by Crippen LogP contribution is -2.71. The van der Waals surface area contributed by atoms with Gasteiger partial charge in [-0.1, -0.05) is 91.0 Å². The summed E-state index contributed by atoms with van der Waals surface area (Å²) in [6, 6.07) is 28.0. The number of carboxylic acid groups (broad SMARTS) is 1. The average Bonchev–Trinajstić information content (AvgIpc) is 3.59. The molecule has 2 unspecified atom stereocenters. The Morgan fingerprint density at radius 1 is 0.980 bits per heavy atom. The van der Waals surface area contributed by atoms with Crippen LogP contribution in [0.4, 0.5) is 5.13 Å². The Morgan fingerprint density at radius 2 is 1.55 bits per heavy atom. The van der Waals surface area contributed by atoms with Crippen molar-refractivity contribution in [3.63, 3.8) is 0 Å². The molecule has 2 amide bonds. The minimum Gasteiger partial charge on any atom is -0.477 e. The number of esters is 1. The van der Waals surface area contributed by atoms with Gasteiger partial charge >= 0.3 is 11.9 Å². The minimum atomic E-state index is -1.32. The standard InChI is InChI=1S/C35H33N5O7S2/c1-21(41)47-18-22-19-48-32-28(31(43)40(32)29(22)33(44)45)37-30(42)27(39-46-2)26-20-49-34(36-26)38-35(23-12-6-3-7-13-23,24-14-8-4-9-15-24)25-16-10-5-11-17-25/h3-17,20,27-28,32,39H,18-19H2,1-2H3,(H,36,38)(H,37,42)(H,44,45)/t27?,28?,32-/m1/s1. The maximum atomic E-state index is 13.7. The molecule has 4 N–H and O–H groups in total. The average molecular weight is 700 g/mol. The SMILES string of the molecule is CONC(C(=O)NC1C(=O)N2C(C(=O)O)=C(COC(C)=O)CS[C@H]12)c1csc(NC(c2ccccc2)(c2ccccc2)c2ccccc2)n1. The third-order valence-electron chi connectivity index (χ3n) is 8.23. The molecule has 3 heterocycles. The van der Waals surface area contributed by atoms with Crippen LogP contribution >= 0.6 is 23.1 Å². The number of carboxylic acids is 1. The predicted octanol–water partition coefficient (Wildman–Crippen LogP) is 4.04. The molecule has 49 heavy (non-hydrogen) atoms. The number of nitrogens with zero attached hydrogens (tertiary/aromatic N) is 2. The molecule has 0 bridgehead atoms. The van der Waals surface area contributed by atoms with Crippen LogP contribution in [0.3, 0.4) is 0 Å². The molecular formula is C35H33N5O7S2. The highest BCUT2D eigenvalue weighted by molar-refractivity contribution is 8.00. The van der Waals surface area contributed by atoms with Crippen molar-refractivity contribution in [2.75, 3.05) is 24.8 Å². The number of thioether (sulfide) groups is 1. The van der Waals surface area contributed by atoms with E-state index in [1.807, 2.05) is 54.6 Å². The number of benzene rings is 3. The number of carbonyl (C=O) groups excluding carboxylic acids is 3. The number of hydroxylamine groups is 1. The van der Waals surface area contributed by atoms with E-state index in [0.29, 0.717) is 16.4 Å². The zero-order chi connectivity index (χ0) is 34.5. The molecular weight excluding hydrogens is 667 g/mol. The van der Waals surface area contributed by atoms with E-state index >= 15 is 0 Å². The number of anilines is 1. The fourth-order valence-corrected chi connectivity index (χ4v) is 8.12. The van der Waals surface area contributed by atoms with Crippen LogP contribution in [0.1, 0.15) is 35.3 Å². The maximum Gasteiger partial charge on any atom is 0.352 e. The molecule has 12 nitrogen and oxygen atoms in total. The number of aliphatic carboxylic acids is 1. The Kier molecular flexibility index (Phi) is 10.1. The molecule has 3 aromatic carbocycles. The second-order valence-corrected chi connectivity index (χ2v) is 13.2. The van der Waals surface area contributed by atoms with Gasteiger partial charge in [0, 0.05) is 23.6 Å². The van der Waals surface area contributed by atoms with Crippen LogP contribution < -0.4 is 16.1 Å². The maximum absolute atomic E-state index is 13.7. The summed E-state index contributed by atoms with van der Waals surface area (Å²) >= 11 is 2.59. The quantitative estimate of drug-likeness (QED) is 0.0691. The van der Waals surface area contributed by atoms with Crippen molar-refractivity contribution in [2.24, 2.45) is 0 Å². The second kappa shape index (κ2) is 14.6. The molecule has 0 saturated carbocycles. The van der Waals surface area contributed by atoms with E-state index in [-0.39, 0.29) is 18.1 Å². The molecule has 6 rings (SSSR count). The highest BCUT2D eigenvalue weighted by Crippen LogP contribution is 2.42. The summed E-state index contributed by atoms with van der Waals surface area (Å²) in [5, 5.41) is 17.9. The van der Waals surface area contributed by atoms with Gasteiger partial charge in [-0.2, -0.15) is 5.48 Å². The van der Waals surface area contributed by atoms with E-state index in [4.69, 9.17) is 14.6 Å². The van der Waals surface area contributed by atoms with Gasteiger partial charge in [0.1, 0.15) is 29.3 Å². The molecule has 1 fully saturated rings. The molecule has 0 radical (unpaired) electrons. The molecule has 2 aliphatic rings. The van der Waals surface area contributed by atoms with Crippen molar-refractivity contribution in [1.29, 1.82) is 0 Å². The Balaban J connectivity index is 1.26. The van der Waals surface area contributed by atoms with E-state index in [1.54, 1.807) is 5.38 Å². The monoisotopic (exact) mass is 699 g/mol. The molecule has 4 aromatic rings. The summed E-state index contributed by atoms with van der Waals surface area (Å²) < 4.78 is 5.00. The van der Waals surface area contributed by atoms with Gasteiger partial charge in [0.05, 0.1) is 12.8 Å². The minimum absolute atomic E-state index is 0.211. The molecule has 3 atom stereocenters. The number of amides is 2. The first-order valence-corrected chi connectivity index (χ1v) is 17.2. The van der Waals surface area contributed by atoms with Gasteiger partial charge in [-0.25, -0.2) is 9.78 Å². The van der Waals surface area contributed by atoms with Gasteiger partial charge in [-0.15, -0.1) is 23.1 Å². The van der Waals surface area contributed by atoms with Crippen LogP contribution in [0, 0.1) is 0 Å².